The Kier molecular flexibility index (Phi) is 5.65. The Morgan fingerprint density at radius 3 is 2.17 bits per heavy atom. The van der Waals surface area contributed by atoms with Crippen LogP contribution < -0.4 is 0 Å². The van der Waals surface area contributed by atoms with E-state index in [0.717, 1.165) is 0 Å². The lowest BCUT2D eigenvalue weighted by atomic mass is 10.2. The molecule has 0 radical (unpaired) electrons. The predicted molar refractivity (Wildman–Crippen MR) is 55.6 cm³/mol. The van der Waals surface area contributed by atoms with Gasteiger partial charge in [0.1, 0.15) is 5.76 Å². The van der Waals surface area contributed by atoms with Gasteiger partial charge in [0.2, 0.25) is 0 Å². The summed E-state index contributed by atoms with van der Waals surface area (Å²) in [5.41, 5.74) is -5.55. The number of esters is 1. The van der Waals surface area contributed by atoms with Gasteiger partial charge < -0.3 is 8.92 Å². The van der Waals surface area contributed by atoms with E-state index in [1.54, 1.807) is 0 Å². The second kappa shape index (κ2) is 6.07. The fourth-order valence-corrected chi connectivity index (χ4v) is 1.35. The number of carbonyl (C=O) groups is 1. The smallest absolute Gasteiger partial charge is 0.463 e. The van der Waals surface area contributed by atoms with Crippen LogP contribution in [0.1, 0.15) is 20.8 Å². The second-order valence-electron chi connectivity index (χ2n) is 3.44. The summed E-state index contributed by atoms with van der Waals surface area (Å²) >= 11 is 0. The van der Waals surface area contributed by atoms with Gasteiger partial charge in [0, 0.05) is 5.92 Å². The molecule has 9 heteroatoms. The summed E-state index contributed by atoms with van der Waals surface area (Å²) in [5.74, 6) is -2.34. The van der Waals surface area contributed by atoms with Crippen molar-refractivity contribution in [3.63, 3.8) is 0 Å². The molecule has 0 unspecified atom stereocenters. The molecule has 0 saturated heterocycles. The van der Waals surface area contributed by atoms with Crippen molar-refractivity contribution in [3.05, 3.63) is 11.8 Å². The minimum Gasteiger partial charge on any atom is -0.463 e. The Morgan fingerprint density at radius 1 is 1.33 bits per heavy atom. The number of alkyl halides is 3. The number of halogens is 3. The topological polar surface area (TPSA) is 69.7 Å². The molecule has 0 aromatic carbocycles. The molecule has 0 aromatic rings. The van der Waals surface area contributed by atoms with Gasteiger partial charge >= 0.3 is 21.6 Å². The highest BCUT2D eigenvalue weighted by Crippen LogP contribution is 2.28. The lowest BCUT2D eigenvalue weighted by Gasteiger charge is -2.14. The van der Waals surface area contributed by atoms with Crippen molar-refractivity contribution in [2.45, 2.75) is 26.3 Å². The van der Waals surface area contributed by atoms with Crippen molar-refractivity contribution in [1.82, 2.24) is 0 Å². The van der Waals surface area contributed by atoms with Gasteiger partial charge in [-0.1, -0.05) is 13.8 Å². The fraction of sp³-hybridized carbons (Fsp3) is 0.667. The Bertz CT molecular complexity index is 422. The third-order valence-electron chi connectivity index (χ3n) is 1.61. The molecule has 0 spiro atoms. The Balaban J connectivity index is 5.15. The predicted octanol–water partition coefficient (Wildman–Crippen LogP) is 1.96. The summed E-state index contributed by atoms with van der Waals surface area (Å²) in [5, 5.41) is 0. The van der Waals surface area contributed by atoms with E-state index in [1.165, 1.54) is 20.8 Å². The minimum absolute atomic E-state index is 0.00668. The van der Waals surface area contributed by atoms with Crippen molar-refractivity contribution >= 4 is 16.1 Å². The highest BCUT2D eigenvalue weighted by Gasteiger charge is 2.49. The second-order valence-corrected chi connectivity index (χ2v) is 4.97. The van der Waals surface area contributed by atoms with Crippen LogP contribution in [0.4, 0.5) is 13.2 Å². The number of hydrogen-bond donors (Lipinski definition) is 0. The Morgan fingerprint density at radius 2 is 1.83 bits per heavy atom. The monoisotopic (exact) mass is 290 g/mol. The van der Waals surface area contributed by atoms with E-state index in [-0.39, 0.29) is 6.61 Å². The molecule has 0 bridgehead atoms. The van der Waals surface area contributed by atoms with Crippen LogP contribution in [0.5, 0.6) is 0 Å². The first-order valence-electron chi connectivity index (χ1n) is 4.90. The molecule has 0 aliphatic carbocycles. The Labute approximate surface area is 103 Å². The van der Waals surface area contributed by atoms with Crippen molar-refractivity contribution in [3.8, 4) is 0 Å². The first-order chi connectivity index (χ1) is 8.01. The molecule has 0 aromatic heterocycles. The highest BCUT2D eigenvalue weighted by molar-refractivity contribution is 7.87. The third-order valence-corrected chi connectivity index (χ3v) is 2.58. The van der Waals surface area contributed by atoms with Gasteiger partial charge in [-0.05, 0) is 6.92 Å². The van der Waals surface area contributed by atoms with Gasteiger partial charge in [0.15, 0.2) is 0 Å². The summed E-state index contributed by atoms with van der Waals surface area (Å²) in [6.07, 6.45) is 0.581. The maximum Gasteiger partial charge on any atom is 0.534 e. The maximum absolute atomic E-state index is 12.1. The van der Waals surface area contributed by atoms with Crippen LogP contribution in [0.3, 0.4) is 0 Å². The molecule has 106 valence electrons. The summed E-state index contributed by atoms with van der Waals surface area (Å²) < 4.78 is 66.1. The van der Waals surface area contributed by atoms with Crippen LogP contribution in [-0.2, 0) is 23.8 Å². The van der Waals surface area contributed by atoms with Crippen molar-refractivity contribution in [1.29, 1.82) is 0 Å². The molecule has 0 fully saturated rings. The summed E-state index contributed by atoms with van der Waals surface area (Å²) in [6, 6.07) is 0. The third kappa shape index (κ3) is 4.94. The molecular weight excluding hydrogens is 277 g/mol. The van der Waals surface area contributed by atoms with Gasteiger partial charge in [0.05, 0.1) is 12.7 Å². The number of rotatable bonds is 5. The Hall–Kier alpha value is -1.25. The molecule has 18 heavy (non-hydrogen) atoms. The summed E-state index contributed by atoms with van der Waals surface area (Å²) in [7, 11) is -5.78. The molecule has 0 atom stereocenters. The van der Waals surface area contributed by atoms with E-state index in [9.17, 15) is 26.4 Å². The standard InChI is InChI=1S/C9H13F3O5S/c1-4-16-8(13)5-7(6(2)3)17-18(14,15)9(10,11)12/h5-6H,4H2,1-3H3. The molecular formula is C9H13F3O5S. The van der Waals surface area contributed by atoms with Crippen molar-refractivity contribution in [2.75, 3.05) is 6.61 Å². The zero-order valence-electron chi connectivity index (χ0n) is 9.95. The van der Waals surface area contributed by atoms with Gasteiger partial charge in [-0.3, -0.25) is 0 Å². The first-order valence-corrected chi connectivity index (χ1v) is 6.31. The normalized spacial score (nSPS) is 13.6. The molecule has 0 aliphatic rings. The van der Waals surface area contributed by atoms with Crippen LogP contribution in [0.25, 0.3) is 0 Å². The quantitative estimate of drug-likeness (QED) is 0.254. The summed E-state index contributed by atoms with van der Waals surface area (Å²) in [6.45, 7) is 4.24. The van der Waals surface area contributed by atoms with Gasteiger partial charge in [-0.25, -0.2) is 4.79 Å². The van der Waals surface area contributed by atoms with Crippen LogP contribution in [0.15, 0.2) is 11.8 Å². The molecule has 0 amide bonds. The van der Waals surface area contributed by atoms with E-state index in [1.807, 2.05) is 0 Å². The van der Waals surface area contributed by atoms with Crippen LogP contribution in [0, 0.1) is 5.92 Å². The van der Waals surface area contributed by atoms with Crippen molar-refractivity contribution < 1.29 is 35.3 Å². The van der Waals surface area contributed by atoms with Gasteiger partial charge in [-0.2, -0.15) is 21.6 Å². The number of hydrogen-bond acceptors (Lipinski definition) is 5. The average molecular weight is 290 g/mol. The minimum atomic E-state index is -5.78. The highest BCUT2D eigenvalue weighted by atomic mass is 32.2. The number of allylic oxidation sites excluding steroid dienone is 1. The average Bonchev–Trinajstić information content (AvgIpc) is 2.14. The van der Waals surface area contributed by atoms with E-state index in [2.05, 4.69) is 8.92 Å². The zero-order valence-corrected chi connectivity index (χ0v) is 10.8. The van der Waals surface area contributed by atoms with Crippen LogP contribution in [-0.4, -0.2) is 26.5 Å². The van der Waals surface area contributed by atoms with E-state index < -0.39 is 33.3 Å². The molecule has 5 nitrogen and oxygen atoms in total. The fourth-order valence-electron chi connectivity index (χ4n) is 0.761. The van der Waals surface area contributed by atoms with Crippen molar-refractivity contribution in [2.24, 2.45) is 5.92 Å². The largest absolute Gasteiger partial charge is 0.534 e. The molecule has 0 heterocycles. The lowest BCUT2D eigenvalue weighted by Crippen LogP contribution is -2.26. The molecule has 0 saturated carbocycles. The SMILES string of the molecule is CCOC(=O)C=C(OS(=O)(=O)C(F)(F)F)C(C)C. The number of ether oxygens (including phenoxy) is 1. The van der Waals surface area contributed by atoms with E-state index >= 15 is 0 Å². The molecule has 0 aliphatic heterocycles. The van der Waals surface area contributed by atoms with Crippen LogP contribution >= 0.6 is 0 Å². The van der Waals surface area contributed by atoms with Crippen LogP contribution in [0.2, 0.25) is 0 Å². The summed E-state index contributed by atoms with van der Waals surface area (Å²) in [4.78, 5) is 11.0. The van der Waals surface area contributed by atoms with Gasteiger partial charge in [0.25, 0.3) is 0 Å². The number of carbonyl (C=O) groups excluding carboxylic acids is 1. The zero-order chi connectivity index (χ0) is 14.6. The molecule has 0 N–H and O–H groups in total. The van der Waals surface area contributed by atoms with E-state index in [0.29, 0.717) is 6.08 Å². The molecule has 0 rings (SSSR count). The maximum atomic E-state index is 12.1. The van der Waals surface area contributed by atoms with E-state index in [4.69, 9.17) is 0 Å². The van der Waals surface area contributed by atoms with Gasteiger partial charge in [-0.15, -0.1) is 0 Å². The lowest BCUT2D eigenvalue weighted by molar-refractivity contribution is -0.137. The first kappa shape index (κ1) is 16.8.